The van der Waals surface area contributed by atoms with Gasteiger partial charge in [-0.25, -0.2) is 0 Å². The molecule has 5 rings (SSSR count). The Morgan fingerprint density at radius 2 is 1.38 bits per heavy atom. The van der Waals surface area contributed by atoms with E-state index in [0.29, 0.717) is 19.9 Å². The maximum absolute atomic E-state index is 10.7. The monoisotopic (exact) mass is 460 g/mol. The number of aliphatic hydroxyl groups is 1. The van der Waals surface area contributed by atoms with E-state index in [2.05, 4.69) is 46.2 Å². The van der Waals surface area contributed by atoms with Crippen molar-refractivity contribution < 1.29 is 19.3 Å². The number of aliphatic hydroxyl groups excluding tert-OH is 1. The van der Waals surface area contributed by atoms with Gasteiger partial charge in [0.05, 0.1) is 12.7 Å². The largest absolute Gasteiger partial charge is 0.454 e. The van der Waals surface area contributed by atoms with E-state index < -0.39 is 6.10 Å². The van der Waals surface area contributed by atoms with Gasteiger partial charge in [-0.1, -0.05) is 66.7 Å². The van der Waals surface area contributed by atoms with Crippen LogP contribution in [0.3, 0.4) is 0 Å². The Hall–Kier alpha value is -2.90. The van der Waals surface area contributed by atoms with Crippen LogP contribution in [0.25, 0.3) is 0 Å². The van der Waals surface area contributed by atoms with Crippen LogP contribution in [0.4, 0.5) is 0 Å². The molecule has 1 atom stereocenters. The van der Waals surface area contributed by atoms with Crippen LogP contribution in [0.2, 0.25) is 0 Å². The predicted octanol–water partition coefficient (Wildman–Crippen LogP) is 3.70. The first-order valence-electron chi connectivity index (χ1n) is 12.0. The molecule has 1 unspecified atom stereocenters. The van der Waals surface area contributed by atoms with Gasteiger partial charge in [-0.3, -0.25) is 9.80 Å². The molecule has 0 amide bonds. The molecule has 178 valence electrons. The smallest absolute Gasteiger partial charge is 0.231 e. The first-order chi connectivity index (χ1) is 16.7. The number of fused-ring (bicyclic) bond motifs is 1. The summed E-state index contributed by atoms with van der Waals surface area (Å²) in [7, 11) is 0. The summed E-state index contributed by atoms with van der Waals surface area (Å²) in [5, 5.41) is 10.7. The molecule has 1 saturated heterocycles. The van der Waals surface area contributed by atoms with Crippen LogP contribution in [-0.2, 0) is 11.3 Å². The average molecular weight is 461 g/mol. The molecule has 0 spiro atoms. The van der Waals surface area contributed by atoms with Gasteiger partial charge in [0.25, 0.3) is 0 Å². The fourth-order valence-corrected chi connectivity index (χ4v) is 4.63. The van der Waals surface area contributed by atoms with Crippen LogP contribution in [0.1, 0.15) is 22.8 Å². The lowest BCUT2D eigenvalue weighted by atomic mass is 10.0. The highest BCUT2D eigenvalue weighted by Gasteiger charge is 2.22. The Balaban J connectivity index is 1.09. The van der Waals surface area contributed by atoms with Gasteiger partial charge in [-0.05, 0) is 28.8 Å². The number of ether oxygens (including phenoxy) is 3. The number of benzene rings is 3. The summed E-state index contributed by atoms with van der Waals surface area (Å²) < 4.78 is 17.1. The Kier molecular flexibility index (Phi) is 7.41. The number of hydrogen-bond donors (Lipinski definition) is 1. The second kappa shape index (κ2) is 11.0. The SMILES string of the molecule is OC(COC(c1ccccc1)c1ccccc1)CN1CCN(Cc2ccc3c(c2)OCO3)CC1. The second-order valence-corrected chi connectivity index (χ2v) is 8.95. The van der Waals surface area contributed by atoms with Crippen LogP contribution in [0, 0.1) is 0 Å². The van der Waals surface area contributed by atoms with E-state index in [1.165, 1.54) is 5.56 Å². The molecule has 2 heterocycles. The highest BCUT2D eigenvalue weighted by molar-refractivity contribution is 5.44. The van der Waals surface area contributed by atoms with Crippen molar-refractivity contribution >= 4 is 0 Å². The molecule has 0 radical (unpaired) electrons. The highest BCUT2D eigenvalue weighted by atomic mass is 16.7. The summed E-state index contributed by atoms with van der Waals surface area (Å²) in [6, 6.07) is 26.6. The summed E-state index contributed by atoms with van der Waals surface area (Å²) in [6.45, 7) is 5.93. The van der Waals surface area contributed by atoms with Crippen molar-refractivity contribution in [1.29, 1.82) is 0 Å². The molecule has 2 aliphatic heterocycles. The predicted molar refractivity (Wildman–Crippen MR) is 131 cm³/mol. The number of β-amino-alcohol motifs (C(OH)–C–C–N with tert-alkyl or cyclic N) is 1. The average Bonchev–Trinajstić information content (AvgIpc) is 3.35. The fourth-order valence-electron chi connectivity index (χ4n) is 4.63. The van der Waals surface area contributed by atoms with Crippen LogP contribution in [0.5, 0.6) is 11.5 Å². The van der Waals surface area contributed by atoms with E-state index in [-0.39, 0.29) is 6.10 Å². The van der Waals surface area contributed by atoms with Crippen molar-refractivity contribution in [1.82, 2.24) is 9.80 Å². The minimum Gasteiger partial charge on any atom is -0.454 e. The van der Waals surface area contributed by atoms with E-state index >= 15 is 0 Å². The topological polar surface area (TPSA) is 54.4 Å². The molecule has 3 aromatic carbocycles. The molecule has 0 bridgehead atoms. The van der Waals surface area contributed by atoms with Gasteiger partial charge in [-0.2, -0.15) is 0 Å². The lowest BCUT2D eigenvalue weighted by Crippen LogP contribution is -2.48. The van der Waals surface area contributed by atoms with E-state index in [1.807, 2.05) is 42.5 Å². The standard InChI is InChI=1S/C28H32N2O4/c31-25(20-32-28(23-7-3-1-4-8-23)24-9-5-2-6-10-24)19-30-15-13-29(14-16-30)18-22-11-12-26-27(17-22)34-21-33-26/h1-12,17,25,28,31H,13-16,18-21H2. The Bertz CT molecular complexity index is 999. The number of hydrogen-bond acceptors (Lipinski definition) is 6. The van der Waals surface area contributed by atoms with Crippen LogP contribution in [0.15, 0.2) is 78.9 Å². The van der Waals surface area contributed by atoms with Gasteiger partial charge in [-0.15, -0.1) is 0 Å². The van der Waals surface area contributed by atoms with Gasteiger partial charge in [0.2, 0.25) is 6.79 Å². The zero-order valence-corrected chi connectivity index (χ0v) is 19.4. The molecule has 0 aliphatic carbocycles. The molecule has 2 aliphatic rings. The minimum atomic E-state index is -0.532. The molecule has 0 saturated carbocycles. The minimum absolute atomic E-state index is 0.185. The molecule has 34 heavy (non-hydrogen) atoms. The van der Waals surface area contributed by atoms with Gasteiger partial charge in [0, 0.05) is 39.3 Å². The molecule has 1 N–H and O–H groups in total. The van der Waals surface area contributed by atoms with Crippen molar-refractivity contribution in [2.75, 3.05) is 46.1 Å². The summed E-state index contributed by atoms with van der Waals surface area (Å²) in [4.78, 5) is 4.77. The van der Waals surface area contributed by atoms with Crippen molar-refractivity contribution in [3.8, 4) is 11.5 Å². The molecule has 3 aromatic rings. The molecule has 6 heteroatoms. The van der Waals surface area contributed by atoms with Gasteiger partial charge < -0.3 is 19.3 Å². The van der Waals surface area contributed by atoms with E-state index in [1.54, 1.807) is 0 Å². The molecular weight excluding hydrogens is 428 g/mol. The normalized spacial score (nSPS) is 17.2. The molecule has 6 nitrogen and oxygen atoms in total. The van der Waals surface area contributed by atoms with Crippen molar-refractivity contribution in [3.63, 3.8) is 0 Å². The maximum Gasteiger partial charge on any atom is 0.231 e. The highest BCUT2D eigenvalue weighted by Crippen LogP contribution is 2.33. The summed E-state index contributed by atoms with van der Waals surface area (Å²) in [5.74, 6) is 1.66. The van der Waals surface area contributed by atoms with Gasteiger partial charge >= 0.3 is 0 Å². The van der Waals surface area contributed by atoms with E-state index in [9.17, 15) is 5.11 Å². The molecular formula is C28H32N2O4. The zero-order valence-electron chi connectivity index (χ0n) is 19.4. The summed E-state index contributed by atoms with van der Waals surface area (Å²) in [5.41, 5.74) is 3.43. The first-order valence-corrected chi connectivity index (χ1v) is 12.0. The quantitative estimate of drug-likeness (QED) is 0.526. The Morgan fingerprint density at radius 1 is 0.765 bits per heavy atom. The Morgan fingerprint density at radius 3 is 2.06 bits per heavy atom. The van der Waals surface area contributed by atoms with Crippen LogP contribution in [-0.4, -0.2) is 67.1 Å². The number of nitrogens with zero attached hydrogens (tertiary/aromatic N) is 2. The lowest BCUT2D eigenvalue weighted by Gasteiger charge is -2.35. The van der Waals surface area contributed by atoms with E-state index in [4.69, 9.17) is 14.2 Å². The van der Waals surface area contributed by atoms with Crippen LogP contribution < -0.4 is 9.47 Å². The zero-order chi connectivity index (χ0) is 23.2. The van der Waals surface area contributed by atoms with Crippen molar-refractivity contribution in [2.24, 2.45) is 0 Å². The van der Waals surface area contributed by atoms with Crippen LogP contribution >= 0.6 is 0 Å². The first kappa shape index (κ1) is 22.9. The van der Waals surface area contributed by atoms with Gasteiger partial charge in [0.1, 0.15) is 6.10 Å². The number of rotatable bonds is 9. The van der Waals surface area contributed by atoms with Crippen molar-refractivity contribution in [2.45, 2.75) is 18.8 Å². The third-order valence-electron chi connectivity index (χ3n) is 6.44. The fraction of sp³-hybridized carbons (Fsp3) is 0.357. The second-order valence-electron chi connectivity index (χ2n) is 8.95. The number of piperazine rings is 1. The summed E-state index contributed by atoms with van der Waals surface area (Å²) in [6.07, 6.45) is -0.717. The third kappa shape index (κ3) is 5.77. The maximum atomic E-state index is 10.7. The molecule has 0 aromatic heterocycles. The summed E-state index contributed by atoms with van der Waals surface area (Å²) >= 11 is 0. The molecule has 1 fully saturated rings. The van der Waals surface area contributed by atoms with Crippen molar-refractivity contribution in [3.05, 3.63) is 95.6 Å². The lowest BCUT2D eigenvalue weighted by molar-refractivity contribution is -0.0148. The van der Waals surface area contributed by atoms with Gasteiger partial charge in [0.15, 0.2) is 11.5 Å². The van der Waals surface area contributed by atoms with E-state index in [0.717, 1.165) is 55.3 Å². The third-order valence-corrected chi connectivity index (χ3v) is 6.44. The Labute approximate surface area is 201 Å².